The first kappa shape index (κ1) is 16.0. The van der Waals surface area contributed by atoms with E-state index in [-0.39, 0.29) is 6.61 Å². The van der Waals surface area contributed by atoms with Gasteiger partial charge in [0.15, 0.2) is 0 Å². The van der Waals surface area contributed by atoms with Gasteiger partial charge in [-0.1, -0.05) is 23.7 Å². The van der Waals surface area contributed by atoms with E-state index in [1.54, 1.807) is 0 Å². The number of aryl methyl sites for hydroxylation is 3. The van der Waals surface area contributed by atoms with Crippen LogP contribution < -0.4 is 5.32 Å². The van der Waals surface area contributed by atoms with Crippen LogP contribution in [-0.4, -0.2) is 28.0 Å². The Hall–Kier alpha value is -1.36. The number of benzene rings is 1. The third kappa shape index (κ3) is 3.64. The SMILES string of the molecule is Cc1ccc(C)c(-n2nc(C)c(CNCCCO)c2Cl)c1. The second kappa shape index (κ2) is 7.07. The average molecular weight is 308 g/mol. The van der Waals surface area contributed by atoms with Crippen molar-refractivity contribution in [1.29, 1.82) is 0 Å². The largest absolute Gasteiger partial charge is 0.396 e. The van der Waals surface area contributed by atoms with Gasteiger partial charge in [0.2, 0.25) is 0 Å². The van der Waals surface area contributed by atoms with Crippen LogP contribution in [0, 0.1) is 20.8 Å². The summed E-state index contributed by atoms with van der Waals surface area (Å²) in [7, 11) is 0. The fourth-order valence-electron chi connectivity index (χ4n) is 2.26. The summed E-state index contributed by atoms with van der Waals surface area (Å²) in [5, 5.41) is 17.3. The normalized spacial score (nSPS) is 11.1. The van der Waals surface area contributed by atoms with Gasteiger partial charge in [0.05, 0.1) is 11.4 Å². The highest BCUT2D eigenvalue weighted by Gasteiger charge is 2.15. The predicted octanol–water partition coefficient (Wildman–Crippen LogP) is 2.92. The third-order valence-electron chi connectivity index (χ3n) is 3.53. The molecule has 0 radical (unpaired) electrons. The Kier molecular flexibility index (Phi) is 5.39. The van der Waals surface area contributed by atoms with Gasteiger partial charge < -0.3 is 10.4 Å². The number of hydrogen-bond donors (Lipinski definition) is 2. The number of rotatable bonds is 6. The lowest BCUT2D eigenvalue weighted by molar-refractivity contribution is 0.286. The van der Waals surface area contributed by atoms with Gasteiger partial charge in [0, 0.05) is 18.7 Å². The molecule has 0 unspecified atom stereocenters. The zero-order chi connectivity index (χ0) is 15.4. The van der Waals surface area contributed by atoms with Crippen molar-refractivity contribution in [2.75, 3.05) is 13.2 Å². The molecule has 5 heteroatoms. The van der Waals surface area contributed by atoms with Crippen molar-refractivity contribution in [3.05, 3.63) is 45.7 Å². The van der Waals surface area contributed by atoms with Crippen LogP contribution in [0.25, 0.3) is 5.69 Å². The van der Waals surface area contributed by atoms with Gasteiger partial charge in [-0.2, -0.15) is 5.10 Å². The molecule has 1 heterocycles. The van der Waals surface area contributed by atoms with E-state index in [1.807, 2.05) is 11.6 Å². The molecule has 0 saturated carbocycles. The first-order chi connectivity index (χ1) is 10.0. The summed E-state index contributed by atoms with van der Waals surface area (Å²) in [5.74, 6) is 0. The lowest BCUT2D eigenvalue weighted by atomic mass is 10.1. The summed E-state index contributed by atoms with van der Waals surface area (Å²) in [6.45, 7) is 7.71. The topological polar surface area (TPSA) is 50.1 Å². The van der Waals surface area contributed by atoms with Crippen LogP contribution in [0.4, 0.5) is 0 Å². The van der Waals surface area contributed by atoms with Gasteiger partial charge >= 0.3 is 0 Å². The minimum absolute atomic E-state index is 0.196. The van der Waals surface area contributed by atoms with Gasteiger partial charge in [-0.25, -0.2) is 4.68 Å². The van der Waals surface area contributed by atoms with Gasteiger partial charge in [-0.15, -0.1) is 0 Å². The maximum absolute atomic E-state index is 8.80. The quantitative estimate of drug-likeness (QED) is 0.807. The van der Waals surface area contributed by atoms with Crippen LogP contribution in [0.15, 0.2) is 18.2 Å². The molecule has 0 spiro atoms. The molecule has 2 rings (SSSR count). The molecule has 0 aliphatic carbocycles. The first-order valence-electron chi connectivity index (χ1n) is 7.17. The summed E-state index contributed by atoms with van der Waals surface area (Å²) in [4.78, 5) is 0. The van der Waals surface area contributed by atoms with E-state index in [0.717, 1.165) is 35.5 Å². The molecular formula is C16H22ClN3O. The molecule has 21 heavy (non-hydrogen) atoms. The molecule has 114 valence electrons. The van der Waals surface area contributed by atoms with Crippen molar-refractivity contribution < 1.29 is 5.11 Å². The Balaban J connectivity index is 2.28. The lowest BCUT2D eigenvalue weighted by Gasteiger charge is -2.09. The molecule has 1 aromatic carbocycles. The van der Waals surface area contributed by atoms with Crippen LogP contribution in [0.1, 0.15) is 28.8 Å². The van der Waals surface area contributed by atoms with E-state index in [1.165, 1.54) is 5.56 Å². The highest BCUT2D eigenvalue weighted by Crippen LogP contribution is 2.25. The van der Waals surface area contributed by atoms with Gasteiger partial charge in [-0.05, 0) is 50.9 Å². The molecule has 2 N–H and O–H groups in total. The summed E-state index contributed by atoms with van der Waals surface area (Å²) >= 11 is 6.51. The van der Waals surface area contributed by atoms with Gasteiger partial charge in [0.1, 0.15) is 5.15 Å². The van der Waals surface area contributed by atoms with E-state index in [2.05, 4.69) is 42.5 Å². The van der Waals surface area contributed by atoms with Crippen LogP contribution in [0.5, 0.6) is 0 Å². The fraction of sp³-hybridized carbons (Fsp3) is 0.438. The number of hydrogen-bond acceptors (Lipinski definition) is 3. The van der Waals surface area contributed by atoms with Crippen molar-refractivity contribution in [3.8, 4) is 5.69 Å². The van der Waals surface area contributed by atoms with Crippen molar-refractivity contribution >= 4 is 11.6 Å². The first-order valence-corrected chi connectivity index (χ1v) is 7.55. The highest BCUT2D eigenvalue weighted by atomic mass is 35.5. The Morgan fingerprint density at radius 3 is 2.76 bits per heavy atom. The van der Waals surface area contributed by atoms with E-state index < -0.39 is 0 Å². The third-order valence-corrected chi connectivity index (χ3v) is 3.92. The van der Waals surface area contributed by atoms with Crippen LogP contribution in [-0.2, 0) is 6.54 Å². The van der Waals surface area contributed by atoms with Crippen LogP contribution in [0.3, 0.4) is 0 Å². The average Bonchev–Trinajstić information content (AvgIpc) is 2.73. The summed E-state index contributed by atoms with van der Waals surface area (Å²) in [6.07, 6.45) is 0.738. The number of aliphatic hydroxyl groups excluding tert-OH is 1. The minimum atomic E-state index is 0.196. The monoisotopic (exact) mass is 307 g/mol. The Morgan fingerprint density at radius 1 is 1.29 bits per heavy atom. The zero-order valence-electron chi connectivity index (χ0n) is 12.8. The highest BCUT2D eigenvalue weighted by molar-refractivity contribution is 6.30. The maximum atomic E-state index is 8.80. The number of aromatic nitrogens is 2. The molecule has 0 aliphatic heterocycles. The van der Waals surface area contributed by atoms with Crippen LogP contribution in [0.2, 0.25) is 5.15 Å². The minimum Gasteiger partial charge on any atom is -0.396 e. The van der Waals surface area contributed by atoms with Crippen molar-refractivity contribution in [1.82, 2.24) is 15.1 Å². The molecule has 0 atom stereocenters. The Labute approximate surface area is 130 Å². The molecule has 0 amide bonds. The zero-order valence-corrected chi connectivity index (χ0v) is 13.5. The van der Waals surface area contributed by atoms with E-state index in [9.17, 15) is 0 Å². The number of nitrogens with one attached hydrogen (secondary N) is 1. The van der Waals surface area contributed by atoms with E-state index in [0.29, 0.717) is 11.7 Å². The molecule has 0 fully saturated rings. The summed E-state index contributed by atoms with van der Waals surface area (Å²) in [5.41, 5.74) is 5.28. The molecule has 2 aromatic rings. The van der Waals surface area contributed by atoms with E-state index >= 15 is 0 Å². The van der Waals surface area contributed by atoms with Crippen molar-refractivity contribution in [3.63, 3.8) is 0 Å². The molecular weight excluding hydrogens is 286 g/mol. The predicted molar refractivity (Wildman–Crippen MR) is 86.2 cm³/mol. The number of aliphatic hydroxyl groups is 1. The number of halogens is 1. The van der Waals surface area contributed by atoms with Crippen LogP contribution >= 0.6 is 11.6 Å². The Morgan fingerprint density at radius 2 is 2.05 bits per heavy atom. The van der Waals surface area contributed by atoms with Gasteiger partial charge in [0.25, 0.3) is 0 Å². The molecule has 0 aliphatic rings. The molecule has 4 nitrogen and oxygen atoms in total. The standard InChI is InChI=1S/C16H22ClN3O/c1-11-5-6-12(2)15(9-11)20-16(17)14(13(3)19-20)10-18-7-4-8-21/h5-6,9,18,21H,4,7-8,10H2,1-3H3. The summed E-state index contributed by atoms with van der Waals surface area (Å²) < 4.78 is 1.81. The van der Waals surface area contributed by atoms with Gasteiger partial charge in [-0.3, -0.25) is 0 Å². The second-order valence-corrected chi connectivity index (χ2v) is 5.67. The number of nitrogens with zero attached hydrogens (tertiary/aromatic N) is 2. The summed E-state index contributed by atoms with van der Waals surface area (Å²) in [6, 6.07) is 6.26. The van der Waals surface area contributed by atoms with E-state index in [4.69, 9.17) is 16.7 Å². The van der Waals surface area contributed by atoms with Crippen molar-refractivity contribution in [2.45, 2.75) is 33.7 Å². The lowest BCUT2D eigenvalue weighted by Crippen LogP contribution is -2.16. The maximum Gasteiger partial charge on any atom is 0.137 e. The van der Waals surface area contributed by atoms with Crippen molar-refractivity contribution in [2.24, 2.45) is 0 Å². The fourth-order valence-corrected chi connectivity index (χ4v) is 2.59. The second-order valence-electron chi connectivity index (χ2n) is 5.31. The smallest absolute Gasteiger partial charge is 0.137 e. The molecule has 1 aromatic heterocycles. The molecule has 0 bridgehead atoms. The molecule has 0 saturated heterocycles. The Bertz CT molecular complexity index is 622.